The number of benzene rings is 3. The molecule has 0 fully saturated rings. The molecule has 0 unspecified atom stereocenters. The van der Waals surface area contributed by atoms with Gasteiger partial charge in [0.05, 0.1) is 17.5 Å². The van der Waals surface area contributed by atoms with Gasteiger partial charge in [-0.05, 0) is 35.2 Å². The number of aliphatic hydroxyl groups excluding tert-OH is 1. The highest BCUT2D eigenvalue weighted by Crippen LogP contribution is 2.33. The van der Waals surface area contributed by atoms with Gasteiger partial charge in [0.2, 0.25) is 5.91 Å². The van der Waals surface area contributed by atoms with Gasteiger partial charge in [0, 0.05) is 11.3 Å². The molecule has 2 atom stereocenters. The average Bonchev–Trinajstić information content (AvgIpc) is 2.68. The van der Waals surface area contributed by atoms with Gasteiger partial charge in [-0.25, -0.2) is 0 Å². The Labute approximate surface area is 157 Å². The Morgan fingerprint density at radius 3 is 2.44 bits per heavy atom. The molecule has 138 valence electrons. The van der Waals surface area contributed by atoms with E-state index in [9.17, 15) is 15.0 Å². The third-order valence-corrected chi connectivity index (χ3v) is 4.52. The Morgan fingerprint density at radius 2 is 1.70 bits per heavy atom. The first-order valence-electron chi connectivity index (χ1n) is 8.69. The van der Waals surface area contributed by atoms with Crippen LogP contribution in [0.4, 0.5) is 11.4 Å². The molecule has 5 N–H and O–H groups in total. The molecule has 3 aromatic carbocycles. The lowest BCUT2D eigenvalue weighted by molar-refractivity contribution is -0.111. The number of anilines is 2. The van der Waals surface area contributed by atoms with Crippen molar-refractivity contribution in [3.05, 3.63) is 78.4 Å². The summed E-state index contributed by atoms with van der Waals surface area (Å²) in [7, 11) is 0. The van der Waals surface area contributed by atoms with Crippen LogP contribution in [0.25, 0.3) is 10.8 Å². The van der Waals surface area contributed by atoms with Gasteiger partial charge in [-0.15, -0.1) is 0 Å². The largest absolute Gasteiger partial charge is 0.507 e. The second kappa shape index (κ2) is 7.93. The summed E-state index contributed by atoms with van der Waals surface area (Å²) < 4.78 is 0. The molecular formula is C22H22N2O3. The predicted molar refractivity (Wildman–Crippen MR) is 108 cm³/mol. The summed E-state index contributed by atoms with van der Waals surface area (Å²) in [6, 6.07) is 17.6. The lowest BCUT2D eigenvalue weighted by atomic mass is 9.92. The molecule has 3 aromatic rings. The molecule has 5 nitrogen and oxygen atoms in total. The third kappa shape index (κ3) is 4.10. The first-order chi connectivity index (χ1) is 13.0. The number of fused-ring (bicyclic) bond motifs is 1. The van der Waals surface area contributed by atoms with Crippen LogP contribution in [0.1, 0.15) is 18.6 Å². The summed E-state index contributed by atoms with van der Waals surface area (Å²) in [5.74, 6) is -0.455. The van der Waals surface area contributed by atoms with Crippen molar-refractivity contribution in [2.24, 2.45) is 5.92 Å². The minimum Gasteiger partial charge on any atom is -0.507 e. The molecular weight excluding hydrogens is 340 g/mol. The summed E-state index contributed by atoms with van der Waals surface area (Å²) in [4.78, 5) is 12.1. The number of hydrogen-bond donors (Lipinski definition) is 4. The van der Waals surface area contributed by atoms with Crippen molar-refractivity contribution in [1.82, 2.24) is 0 Å². The van der Waals surface area contributed by atoms with Crippen LogP contribution in [0.3, 0.4) is 0 Å². The average molecular weight is 362 g/mol. The van der Waals surface area contributed by atoms with Crippen LogP contribution in [-0.4, -0.2) is 16.1 Å². The number of phenolic OH excluding ortho intramolecular Hbond substituents is 1. The lowest BCUT2D eigenvalue weighted by Crippen LogP contribution is -2.12. The first kappa shape index (κ1) is 18.5. The second-order valence-corrected chi connectivity index (χ2v) is 6.46. The molecule has 0 spiro atoms. The van der Waals surface area contributed by atoms with Gasteiger partial charge >= 0.3 is 0 Å². The zero-order valence-corrected chi connectivity index (χ0v) is 15.0. The van der Waals surface area contributed by atoms with Crippen molar-refractivity contribution in [3.63, 3.8) is 0 Å². The van der Waals surface area contributed by atoms with Crippen molar-refractivity contribution < 1.29 is 15.0 Å². The Balaban J connectivity index is 1.75. The van der Waals surface area contributed by atoms with Crippen molar-refractivity contribution >= 4 is 28.1 Å². The van der Waals surface area contributed by atoms with Gasteiger partial charge < -0.3 is 21.3 Å². The normalized spacial score (nSPS) is 13.6. The lowest BCUT2D eigenvalue weighted by Gasteiger charge is -2.18. The Kier molecular flexibility index (Phi) is 5.43. The fourth-order valence-corrected chi connectivity index (χ4v) is 2.98. The van der Waals surface area contributed by atoms with Crippen molar-refractivity contribution in [3.8, 4) is 5.75 Å². The van der Waals surface area contributed by atoms with Crippen LogP contribution in [0.2, 0.25) is 0 Å². The molecule has 0 saturated carbocycles. The molecule has 0 aromatic heterocycles. The van der Waals surface area contributed by atoms with Crippen LogP contribution in [-0.2, 0) is 4.79 Å². The van der Waals surface area contributed by atoms with Crippen molar-refractivity contribution in [2.75, 3.05) is 11.1 Å². The molecule has 1 amide bonds. The maximum Gasteiger partial charge on any atom is 0.248 e. The number of aliphatic hydroxyl groups is 1. The summed E-state index contributed by atoms with van der Waals surface area (Å²) in [6.45, 7) is 1.83. The minimum absolute atomic E-state index is 0.171. The summed E-state index contributed by atoms with van der Waals surface area (Å²) in [6.07, 6.45) is 2.23. The maximum absolute atomic E-state index is 12.1. The Hall–Kier alpha value is -3.31. The van der Waals surface area contributed by atoms with E-state index in [1.54, 1.807) is 48.5 Å². The zero-order chi connectivity index (χ0) is 19.4. The number of rotatable bonds is 5. The van der Waals surface area contributed by atoms with E-state index in [4.69, 9.17) is 5.73 Å². The fourth-order valence-electron chi connectivity index (χ4n) is 2.98. The molecule has 0 heterocycles. The molecule has 5 heteroatoms. The molecule has 0 saturated heterocycles. The SMILES string of the molecule is C[C@H](/C=C/C(=O)Nc1ccccc1N)[C@H](O)c1ccc(O)c2ccccc12. The quantitative estimate of drug-likeness (QED) is 0.408. The summed E-state index contributed by atoms with van der Waals surface area (Å²) in [5, 5.41) is 24.9. The zero-order valence-electron chi connectivity index (χ0n) is 15.0. The number of amides is 1. The number of hydrogen-bond acceptors (Lipinski definition) is 4. The van der Waals surface area contributed by atoms with Crippen molar-refractivity contribution in [1.29, 1.82) is 0 Å². The maximum atomic E-state index is 12.1. The van der Waals surface area contributed by atoms with Crippen LogP contribution in [0.15, 0.2) is 72.8 Å². The van der Waals surface area contributed by atoms with E-state index in [0.29, 0.717) is 22.3 Å². The van der Waals surface area contributed by atoms with Gasteiger partial charge in [-0.1, -0.05) is 55.5 Å². The summed E-state index contributed by atoms with van der Waals surface area (Å²) >= 11 is 0. The predicted octanol–water partition coefficient (Wildman–Crippen LogP) is 3.99. The number of aromatic hydroxyl groups is 1. The third-order valence-electron chi connectivity index (χ3n) is 4.52. The Morgan fingerprint density at radius 1 is 1.04 bits per heavy atom. The van der Waals surface area contributed by atoms with Crippen LogP contribution in [0.5, 0.6) is 5.75 Å². The second-order valence-electron chi connectivity index (χ2n) is 6.46. The smallest absolute Gasteiger partial charge is 0.248 e. The molecule has 27 heavy (non-hydrogen) atoms. The molecule has 0 bridgehead atoms. The standard InChI is InChI=1S/C22H22N2O3/c1-14(10-13-21(26)24-19-9-5-4-8-18(19)23)22(27)17-11-12-20(25)16-7-3-2-6-15(16)17/h2-14,22,25,27H,23H2,1H3,(H,24,26)/b13-10+/t14-,22+/m1/s1. The van der Waals surface area contributed by atoms with E-state index < -0.39 is 6.10 Å². The molecule has 0 aliphatic rings. The number of phenols is 1. The van der Waals surface area contributed by atoms with Gasteiger partial charge in [0.15, 0.2) is 0 Å². The van der Waals surface area contributed by atoms with E-state index in [0.717, 1.165) is 5.39 Å². The molecule has 0 radical (unpaired) electrons. The van der Waals surface area contributed by atoms with Gasteiger partial charge in [0.1, 0.15) is 5.75 Å². The van der Waals surface area contributed by atoms with E-state index in [2.05, 4.69) is 5.32 Å². The van der Waals surface area contributed by atoms with Crippen molar-refractivity contribution in [2.45, 2.75) is 13.0 Å². The topological polar surface area (TPSA) is 95.6 Å². The first-order valence-corrected chi connectivity index (χ1v) is 8.69. The van der Waals surface area contributed by atoms with Gasteiger partial charge in [0.25, 0.3) is 0 Å². The molecule has 0 aliphatic carbocycles. The van der Waals surface area contributed by atoms with Crippen LogP contribution in [0, 0.1) is 5.92 Å². The van der Waals surface area contributed by atoms with E-state index in [1.807, 2.05) is 25.1 Å². The molecule has 3 rings (SSSR count). The number of para-hydroxylation sites is 2. The van der Waals surface area contributed by atoms with E-state index in [-0.39, 0.29) is 17.6 Å². The Bertz CT molecular complexity index is 998. The highest BCUT2D eigenvalue weighted by Gasteiger charge is 2.18. The monoisotopic (exact) mass is 362 g/mol. The number of nitrogen functional groups attached to an aromatic ring is 1. The number of carbonyl (C=O) groups is 1. The number of carbonyl (C=O) groups excluding carboxylic acids is 1. The van der Waals surface area contributed by atoms with Crippen LogP contribution < -0.4 is 11.1 Å². The number of nitrogens with one attached hydrogen (secondary N) is 1. The fraction of sp³-hybridized carbons (Fsp3) is 0.136. The highest BCUT2D eigenvalue weighted by atomic mass is 16.3. The van der Waals surface area contributed by atoms with Gasteiger partial charge in [-0.2, -0.15) is 0 Å². The van der Waals surface area contributed by atoms with Gasteiger partial charge in [-0.3, -0.25) is 4.79 Å². The number of nitrogens with two attached hydrogens (primary N) is 1. The summed E-state index contributed by atoms with van der Waals surface area (Å²) in [5.41, 5.74) is 7.55. The van der Waals surface area contributed by atoms with E-state index in [1.165, 1.54) is 6.08 Å². The van der Waals surface area contributed by atoms with E-state index >= 15 is 0 Å². The molecule has 0 aliphatic heterocycles. The van der Waals surface area contributed by atoms with Crippen LogP contribution >= 0.6 is 0 Å². The minimum atomic E-state index is -0.818. The highest BCUT2D eigenvalue weighted by molar-refractivity contribution is 6.01.